The lowest BCUT2D eigenvalue weighted by molar-refractivity contribution is 0.273. The fourth-order valence-corrected chi connectivity index (χ4v) is 0.457. The zero-order valence-corrected chi connectivity index (χ0v) is 4.29. The Morgan fingerprint density at radius 1 is 1.75 bits per heavy atom. The van der Waals surface area contributed by atoms with E-state index in [-0.39, 0.29) is 0 Å². The Bertz CT molecular complexity index is 149. The lowest BCUT2D eigenvalue weighted by Gasteiger charge is -2.01. The first-order valence-electron chi connectivity index (χ1n) is 2.28. The van der Waals surface area contributed by atoms with Gasteiger partial charge in [0.1, 0.15) is 6.61 Å². The fourth-order valence-electron chi connectivity index (χ4n) is 0.457. The minimum Gasteiger partial charge on any atom is -0.495 e. The number of hydrogen-bond donors (Lipinski definition) is 1. The number of nitrogens with zero attached hydrogens (tertiary/aromatic N) is 1. The van der Waals surface area contributed by atoms with E-state index in [4.69, 9.17) is 10.3 Å². The van der Waals surface area contributed by atoms with E-state index in [0.29, 0.717) is 12.3 Å². The van der Waals surface area contributed by atoms with E-state index in [1.807, 2.05) is 0 Å². The van der Waals surface area contributed by atoms with Crippen molar-refractivity contribution in [2.24, 2.45) is 5.11 Å². The summed E-state index contributed by atoms with van der Waals surface area (Å²) in [5.74, 6) is 0. The van der Waals surface area contributed by atoms with Crippen molar-refractivity contribution in [3.63, 3.8) is 0 Å². The van der Waals surface area contributed by atoms with Crippen LogP contribution < -0.4 is 0 Å². The Morgan fingerprint density at radius 2 is 2.62 bits per heavy atom. The van der Waals surface area contributed by atoms with Crippen LogP contribution >= 0.6 is 0 Å². The molecule has 3 nitrogen and oxygen atoms in total. The molecule has 1 aliphatic rings. The largest absolute Gasteiger partial charge is 0.495 e. The van der Waals surface area contributed by atoms with Crippen LogP contribution in [0.5, 0.6) is 0 Å². The molecule has 8 heavy (non-hydrogen) atoms. The first-order valence-corrected chi connectivity index (χ1v) is 2.28. The summed E-state index contributed by atoms with van der Waals surface area (Å²) in [4.78, 5) is 0. The summed E-state index contributed by atoms with van der Waals surface area (Å²) in [5, 5.41) is 3.18. The standard InChI is InChI=1S/C5H6N2O/c6-7-5-2-1-3-8-4-5/h1-3,6H,4H2. The molecular formula is C5H6N2O. The molecule has 0 aromatic rings. The van der Waals surface area contributed by atoms with Gasteiger partial charge in [0, 0.05) is 0 Å². The molecule has 0 bridgehead atoms. The summed E-state index contributed by atoms with van der Waals surface area (Å²) in [6, 6.07) is 0. The Morgan fingerprint density at radius 3 is 3.00 bits per heavy atom. The number of allylic oxidation sites excluding steroid dienone is 2. The average Bonchev–Trinajstić information content (AvgIpc) is 1.90. The van der Waals surface area contributed by atoms with Crippen LogP contribution in [0.4, 0.5) is 0 Å². The van der Waals surface area contributed by atoms with E-state index < -0.39 is 0 Å². The van der Waals surface area contributed by atoms with E-state index in [2.05, 4.69) is 5.11 Å². The number of hydrogen-bond acceptors (Lipinski definition) is 3. The minimum atomic E-state index is 0.431. The van der Waals surface area contributed by atoms with Gasteiger partial charge in [0.05, 0.1) is 12.0 Å². The average molecular weight is 110 g/mol. The molecule has 0 saturated carbocycles. The van der Waals surface area contributed by atoms with Crippen LogP contribution in [0.2, 0.25) is 0 Å². The molecule has 0 aromatic carbocycles. The third-order valence-corrected chi connectivity index (χ3v) is 0.838. The Labute approximate surface area is 47.2 Å². The van der Waals surface area contributed by atoms with Gasteiger partial charge in [-0.2, -0.15) is 5.11 Å². The van der Waals surface area contributed by atoms with Crippen LogP contribution in [0.15, 0.2) is 29.2 Å². The maximum Gasteiger partial charge on any atom is 0.131 e. The van der Waals surface area contributed by atoms with Gasteiger partial charge in [-0.3, -0.25) is 0 Å². The molecule has 1 N–H and O–H groups in total. The van der Waals surface area contributed by atoms with Crippen molar-refractivity contribution < 1.29 is 4.74 Å². The highest BCUT2D eigenvalue weighted by atomic mass is 16.5. The molecule has 1 rings (SSSR count). The monoisotopic (exact) mass is 110 g/mol. The molecule has 0 unspecified atom stereocenters. The Kier molecular flexibility index (Phi) is 1.42. The molecule has 0 fully saturated rings. The van der Waals surface area contributed by atoms with Crippen molar-refractivity contribution in [2.75, 3.05) is 6.61 Å². The highest BCUT2D eigenvalue weighted by Gasteiger charge is 1.94. The van der Waals surface area contributed by atoms with Crippen molar-refractivity contribution in [1.29, 1.82) is 5.53 Å². The zero-order chi connectivity index (χ0) is 5.82. The molecule has 0 amide bonds. The van der Waals surface area contributed by atoms with Crippen molar-refractivity contribution >= 4 is 0 Å². The van der Waals surface area contributed by atoms with Crippen molar-refractivity contribution in [1.82, 2.24) is 0 Å². The van der Waals surface area contributed by atoms with Crippen LogP contribution in [-0.2, 0) is 4.74 Å². The molecule has 0 aliphatic carbocycles. The number of ether oxygens (including phenoxy) is 1. The van der Waals surface area contributed by atoms with Gasteiger partial charge < -0.3 is 4.74 Å². The molecule has 0 aromatic heterocycles. The second-order valence-corrected chi connectivity index (χ2v) is 1.41. The lowest BCUT2D eigenvalue weighted by Crippen LogP contribution is -1.92. The Balaban J connectivity index is 2.63. The van der Waals surface area contributed by atoms with Crippen LogP contribution in [0.3, 0.4) is 0 Å². The van der Waals surface area contributed by atoms with Crippen LogP contribution in [-0.4, -0.2) is 6.61 Å². The third kappa shape index (κ3) is 0.932. The first-order chi connectivity index (χ1) is 3.93. The SMILES string of the molecule is N=NC1=CC=COC1. The van der Waals surface area contributed by atoms with Crippen molar-refractivity contribution in [3.05, 3.63) is 24.1 Å². The smallest absolute Gasteiger partial charge is 0.131 e. The van der Waals surface area contributed by atoms with Gasteiger partial charge in [0.2, 0.25) is 0 Å². The maximum absolute atomic E-state index is 6.54. The van der Waals surface area contributed by atoms with Gasteiger partial charge in [-0.25, -0.2) is 5.53 Å². The van der Waals surface area contributed by atoms with Gasteiger partial charge in [-0.1, -0.05) is 0 Å². The molecule has 1 heterocycles. The molecule has 0 spiro atoms. The van der Waals surface area contributed by atoms with Gasteiger partial charge in [0.15, 0.2) is 0 Å². The molecular weight excluding hydrogens is 104 g/mol. The summed E-state index contributed by atoms with van der Waals surface area (Å²) in [6.45, 7) is 0.431. The van der Waals surface area contributed by atoms with E-state index in [9.17, 15) is 0 Å². The highest BCUT2D eigenvalue weighted by Crippen LogP contribution is 2.02. The van der Waals surface area contributed by atoms with Crippen LogP contribution in [0.25, 0.3) is 0 Å². The second-order valence-electron chi connectivity index (χ2n) is 1.41. The van der Waals surface area contributed by atoms with E-state index >= 15 is 0 Å². The normalized spacial score (nSPS) is 16.8. The predicted octanol–water partition coefficient (Wildman–Crippen LogP) is 1.45. The van der Waals surface area contributed by atoms with Crippen LogP contribution in [0, 0.1) is 5.53 Å². The van der Waals surface area contributed by atoms with Gasteiger partial charge in [-0.05, 0) is 12.2 Å². The van der Waals surface area contributed by atoms with E-state index in [1.54, 1.807) is 18.4 Å². The minimum absolute atomic E-state index is 0.431. The van der Waals surface area contributed by atoms with Gasteiger partial charge in [-0.15, -0.1) is 0 Å². The van der Waals surface area contributed by atoms with Crippen LogP contribution in [0.1, 0.15) is 0 Å². The van der Waals surface area contributed by atoms with Gasteiger partial charge in [0.25, 0.3) is 0 Å². The number of rotatable bonds is 1. The topological polar surface area (TPSA) is 45.4 Å². The zero-order valence-electron chi connectivity index (χ0n) is 4.29. The second kappa shape index (κ2) is 2.26. The lowest BCUT2D eigenvalue weighted by atomic mass is 10.4. The quantitative estimate of drug-likeness (QED) is 0.510. The summed E-state index contributed by atoms with van der Waals surface area (Å²) < 4.78 is 4.81. The van der Waals surface area contributed by atoms with Gasteiger partial charge >= 0.3 is 0 Å². The molecule has 42 valence electrons. The fraction of sp³-hybridized carbons (Fsp3) is 0.200. The summed E-state index contributed by atoms with van der Waals surface area (Å²) in [5.41, 5.74) is 7.20. The summed E-state index contributed by atoms with van der Waals surface area (Å²) in [7, 11) is 0. The molecule has 0 saturated heterocycles. The van der Waals surface area contributed by atoms with E-state index in [0.717, 1.165) is 0 Å². The van der Waals surface area contributed by atoms with Crippen molar-refractivity contribution in [2.45, 2.75) is 0 Å². The molecule has 3 heteroatoms. The molecule has 1 aliphatic heterocycles. The first kappa shape index (κ1) is 5.03. The highest BCUT2D eigenvalue weighted by molar-refractivity contribution is 5.12. The molecule has 0 atom stereocenters. The maximum atomic E-state index is 6.54. The predicted molar refractivity (Wildman–Crippen MR) is 28.3 cm³/mol. The third-order valence-electron chi connectivity index (χ3n) is 0.838. The Hall–Kier alpha value is -1.12. The van der Waals surface area contributed by atoms with Crippen molar-refractivity contribution in [3.8, 4) is 0 Å². The number of nitrogens with one attached hydrogen (secondary N) is 1. The van der Waals surface area contributed by atoms with E-state index in [1.165, 1.54) is 0 Å². The summed E-state index contributed by atoms with van der Waals surface area (Å²) in [6.07, 6.45) is 5.04. The molecule has 0 radical (unpaired) electrons. The summed E-state index contributed by atoms with van der Waals surface area (Å²) >= 11 is 0.